The highest BCUT2D eigenvalue weighted by Gasteiger charge is 2.07. The van der Waals surface area contributed by atoms with Crippen LogP contribution in [0.4, 0.5) is 14.7 Å². The summed E-state index contributed by atoms with van der Waals surface area (Å²) in [6.07, 6.45) is 1.39. The molecule has 88 valence electrons. The van der Waals surface area contributed by atoms with E-state index in [0.29, 0.717) is 11.3 Å². The van der Waals surface area contributed by atoms with Crippen LogP contribution < -0.4 is 10.5 Å². The number of aromatic nitrogens is 3. The molecule has 0 radical (unpaired) electrons. The maximum Gasteiger partial charge on any atom is 0.387 e. The number of hydrogen-bond acceptors (Lipinski definition) is 5. The lowest BCUT2D eigenvalue weighted by molar-refractivity contribution is -0.0498. The van der Waals surface area contributed by atoms with Crippen LogP contribution in [0.5, 0.6) is 5.75 Å². The van der Waals surface area contributed by atoms with E-state index in [1.165, 1.54) is 18.3 Å². The summed E-state index contributed by atoms with van der Waals surface area (Å²) < 4.78 is 28.4. The Kier molecular flexibility index (Phi) is 3.08. The molecule has 0 saturated carbocycles. The van der Waals surface area contributed by atoms with Crippen LogP contribution in [0.25, 0.3) is 11.3 Å². The number of nitrogen functional groups attached to an aromatic ring is 1. The van der Waals surface area contributed by atoms with Gasteiger partial charge in [-0.3, -0.25) is 0 Å². The molecule has 7 heteroatoms. The van der Waals surface area contributed by atoms with E-state index in [4.69, 9.17) is 5.73 Å². The van der Waals surface area contributed by atoms with E-state index in [2.05, 4.69) is 19.9 Å². The van der Waals surface area contributed by atoms with Gasteiger partial charge in [-0.25, -0.2) is 4.98 Å². The minimum atomic E-state index is -2.86. The molecule has 0 aliphatic rings. The first-order valence-corrected chi connectivity index (χ1v) is 4.65. The van der Waals surface area contributed by atoms with Crippen molar-refractivity contribution in [3.05, 3.63) is 30.5 Å². The molecule has 0 saturated heterocycles. The quantitative estimate of drug-likeness (QED) is 0.881. The van der Waals surface area contributed by atoms with Crippen molar-refractivity contribution in [2.45, 2.75) is 6.61 Å². The topological polar surface area (TPSA) is 73.9 Å². The summed E-state index contributed by atoms with van der Waals surface area (Å²) in [5.41, 5.74) is 6.39. The fourth-order valence-electron chi connectivity index (χ4n) is 1.29. The van der Waals surface area contributed by atoms with Crippen LogP contribution >= 0.6 is 0 Å². The normalized spacial score (nSPS) is 10.5. The zero-order chi connectivity index (χ0) is 12.3. The Morgan fingerprint density at radius 2 is 2.12 bits per heavy atom. The minimum absolute atomic E-state index is 0.0164. The number of halogens is 2. The summed E-state index contributed by atoms with van der Waals surface area (Å²) in [5, 5.41) is 7.13. The highest BCUT2D eigenvalue weighted by Crippen LogP contribution is 2.22. The zero-order valence-corrected chi connectivity index (χ0v) is 8.55. The Morgan fingerprint density at radius 3 is 2.82 bits per heavy atom. The number of alkyl halides is 2. The average Bonchev–Trinajstić information content (AvgIpc) is 2.28. The summed E-state index contributed by atoms with van der Waals surface area (Å²) in [7, 11) is 0. The van der Waals surface area contributed by atoms with Crippen molar-refractivity contribution in [3.8, 4) is 17.0 Å². The standard InChI is InChI=1S/C10H8F2N4O/c11-9(12)17-7-3-1-2-6(4-7)8-5-14-16-10(13)15-8/h1-5,9H,(H2,13,15,16). The number of nitrogens with two attached hydrogens (primary N) is 1. The van der Waals surface area contributed by atoms with E-state index in [9.17, 15) is 8.78 Å². The monoisotopic (exact) mass is 238 g/mol. The van der Waals surface area contributed by atoms with Gasteiger partial charge in [-0.05, 0) is 12.1 Å². The molecule has 0 aliphatic carbocycles. The van der Waals surface area contributed by atoms with Crippen LogP contribution in [-0.2, 0) is 0 Å². The van der Waals surface area contributed by atoms with Crippen molar-refractivity contribution in [3.63, 3.8) is 0 Å². The number of rotatable bonds is 3. The molecule has 0 fully saturated rings. The summed E-state index contributed by atoms with van der Waals surface area (Å²) >= 11 is 0. The fraction of sp³-hybridized carbons (Fsp3) is 0.100. The molecule has 5 nitrogen and oxygen atoms in total. The highest BCUT2D eigenvalue weighted by molar-refractivity contribution is 5.60. The van der Waals surface area contributed by atoms with E-state index in [1.54, 1.807) is 12.1 Å². The van der Waals surface area contributed by atoms with Gasteiger partial charge in [0.05, 0.1) is 11.9 Å². The van der Waals surface area contributed by atoms with Gasteiger partial charge in [0.1, 0.15) is 5.75 Å². The SMILES string of the molecule is Nc1nncc(-c2cccc(OC(F)F)c2)n1. The van der Waals surface area contributed by atoms with Crippen LogP contribution in [0, 0.1) is 0 Å². The molecular formula is C10H8F2N4O. The van der Waals surface area contributed by atoms with Crippen molar-refractivity contribution < 1.29 is 13.5 Å². The molecule has 0 bridgehead atoms. The number of benzene rings is 1. The van der Waals surface area contributed by atoms with Crippen molar-refractivity contribution in [1.29, 1.82) is 0 Å². The summed E-state index contributed by atoms with van der Waals surface area (Å²) in [6, 6.07) is 6.11. The molecule has 0 amide bonds. The first-order chi connectivity index (χ1) is 8.15. The molecular weight excluding hydrogens is 230 g/mol. The van der Waals surface area contributed by atoms with E-state index in [0.717, 1.165) is 0 Å². The Labute approximate surface area is 95.3 Å². The number of nitrogens with zero attached hydrogens (tertiary/aromatic N) is 3. The minimum Gasteiger partial charge on any atom is -0.435 e. The largest absolute Gasteiger partial charge is 0.435 e. The molecule has 2 rings (SSSR count). The predicted molar refractivity (Wildman–Crippen MR) is 56.3 cm³/mol. The van der Waals surface area contributed by atoms with E-state index >= 15 is 0 Å². The third kappa shape index (κ3) is 2.83. The Bertz CT molecular complexity index is 521. The van der Waals surface area contributed by atoms with E-state index < -0.39 is 6.61 Å². The van der Waals surface area contributed by atoms with Gasteiger partial charge in [0.25, 0.3) is 0 Å². The lowest BCUT2D eigenvalue weighted by Crippen LogP contribution is -2.02. The van der Waals surface area contributed by atoms with Crippen LogP contribution in [0.15, 0.2) is 30.5 Å². The summed E-state index contributed by atoms with van der Waals surface area (Å²) in [4.78, 5) is 3.92. The van der Waals surface area contributed by atoms with Gasteiger partial charge >= 0.3 is 6.61 Å². The number of hydrogen-bond donors (Lipinski definition) is 1. The second-order valence-electron chi connectivity index (χ2n) is 3.11. The lowest BCUT2D eigenvalue weighted by Gasteiger charge is -2.06. The Hall–Kier alpha value is -2.31. The van der Waals surface area contributed by atoms with Gasteiger partial charge in [-0.15, -0.1) is 5.10 Å². The first kappa shape index (κ1) is 11.2. The Morgan fingerprint density at radius 1 is 1.29 bits per heavy atom. The van der Waals surface area contributed by atoms with Crippen LogP contribution in [0.1, 0.15) is 0 Å². The third-order valence-corrected chi connectivity index (χ3v) is 1.93. The predicted octanol–water partition coefficient (Wildman–Crippen LogP) is 1.72. The lowest BCUT2D eigenvalue weighted by atomic mass is 10.1. The average molecular weight is 238 g/mol. The smallest absolute Gasteiger partial charge is 0.387 e. The van der Waals surface area contributed by atoms with Crippen molar-refractivity contribution in [2.75, 3.05) is 5.73 Å². The van der Waals surface area contributed by atoms with Crippen LogP contribution in [-0.4, -0.2) is 21.8 Å². The second kappa shape index (κ2) is 4.69. The summed E-state index contributed by atoms with van der Waals surface area (Å²) in [6.45, 7) is -2.86. The van der Waals surface area contributed by atoms with Crippen molar-refractivity contribution >= 4 is 5.95 Å². The van der Waals surface area contributed by atoms with E-state index in [-0.39, 0.29) is 11.7 Å². The summed E-state index contributed by atoms with van der Waals surface area (Å²) in [5.74, 6) is 0.0670. The van der Waals surface area contributed by atoms with Gasteiger partial charge in [0.15, 0.2) is 0 Å². The van der Waals surface area contributed by atoms with E-state index in [1.807, 2.05) is 0 Å². The van der Waals surface area contributed by atoms with Gasteiger partial charge < -0.3 is 10.5 Å². The number of anilines is 1. The van der Waals surface area contributed by atoms with Gasteiger partial charge in [-0.1, -0.05) is 12.1 Å². The molecule has 2 aromatic rings. The fourth-order valence-corrected chi connectivity index (χ4v) is 1.29. The molecule has 1 heterocycles. The van der Waals surface area contributed by atoms with Crippen molar-refractivity contribution in [2.24, 2.45) is 0 Å². The number of ether oxygens (including phenoxy) is 1. The van der Waals surface area contributed by atoms with Gasteiger partial charge in [0, 0.05) is 5.56 Å². The first-order valence-electron chi connectivity index (χ1n) is 4.65. The van der Waals surface area contributed by atoms with Gasteiger partial charge in [0.2, 0.25) is 5.95 Å². The Balaban J connectivity index is 2.33. The maximum atomic E-state index is 12.0. The highest BCUT2D eigenvalue weighted by atomic mass is 19.3. The molecule has 2 N–H and O–H groups in total. The molecule has 0 atom stereocenters. The maximum absolute atomic E-state index is 12.0. The molecule has 1 aromatic carbocycles. The molecule has 0 unspecified atom stereocenters. The van der Waals surface area contributed by atoms with Crippen LogP contribution in [0.2, 0.25) is 0 Å². The van der Waals surface area contributed by atoms with Gasteiger partial charge in [-0.2, -0.15) is 13.9 Å². The molecule has 1 aromatic heterocycles. The zero-order valence-electron chi connectivity index (χ0n) is 8.55. The van der Waals surface area contributed by atoms with Crippen molar-refractivity contribution in [1.82, 2.24) is 15.2 Å². The molecule has 0 spiro atoms. The molecule has 17 heavy (non-hydrogen) atoms. The van der Waals surface area contributed by atoms with Crippen LogP contribution in [0.3, 0.4) is 0 Å². The molecule has 0 aliphatic heterocycles. The third-order valence-electron chi connectivity index (χ3n) is 1.93. The second-order valence-corrected chi connectivity index (χ2v) is 3.11.